The smallest absolute Gasteiger partial charge is 0.335 e. The van der Waals surface area contributed by atoms with Gasteiger partial charge in [-0.05, 0) is 23.6 Å². The van der Waals surface area contributed by atoms with Crippen molar-refractivity contribution in [3.8, 4) is 0 Å². The molecule has 0 aliphatic carbocycles. The molecule has 3 aromatic rings. The summed E-state index contributed by atoms with van der Waals surface area (Å²) in [6.45, 7) is 6.67. The van der Waals surface area contributed by atoms with Gasteiger partial charge in [-0.25, -0.2) is 19.7 Å². The number of nitrogens with one attached hydrogen (secondary N) is 1. The first-order valence-electron chi connectivity index (χ1n) is 10.7. The number of rotatable bonds is 8. The molecule has 4 rings (SSSR count). The minimum absolute atomic E-state index is 0.103. The van der Waals surface area contributed by atoms with Gasteiger partial charge < -0.3 is 20.3 Å². The number of ether oxygens (including phenoxy) is 1. The summed E-state index contributed by atoms with van der Waals surface area (Å²) in [7, 11) is 0. The van der Waals surface area contributed by atoms with E-state index in [0.717, 1.165) is 12.1 Å². The minimum Gasteiger partial charge on any atom is -0.478 e. The van der Waals surface area contributed by atoms with Crippen molar-refractivity contribution in [1.82, 2.24) is 24.4 Å². The van der Waals surface area contributed by atoms with Gasteiger partial charge in [0, 0.05) is 26.2 Å². The molecule has 2 aromatic heterocycles. The Hall–Kier alpha value is -3.08. The molecule has 170 valence electrons. The van der Waals surface area contributed by atoms with Crippen molar-refractivity contribution >= 4 is 23.0 Å². The highest BCUT2D eigenvalue weighted by molar-refractivity contribution is 5.87. The van der Waals surface area contributed by atoms with Gasteiger partial charge in [-0.15, -0.1) is 0 Å². The van der Waals surface area contributed by atoms with Crippen LogP contribution < -0.4 is 5.32 Å². The first-order valence-corrected chi connectivity index (χ1v) is 10.7. The summed E-state index contributed by atoms with van der Waals surface area (Å²) in [6.07, 6.45) is 2.48. The number of aliphatic hydroxyl groups is 1. The Labute approximate surface area is 185 Å². The molecule has 1 aromatic carbocycles. The van der Waals surface area contributed by atoms with Crippen LogP contribution in [0, 0.1) is 5.92 Å². The molecule has 10 heteroatoms. The lowest BCUT2D eigenvalue weighted by Gasteiger charge is -2.38. The van der Waals surface area contributed by atoms with Crippen LogP contribution in [0.25, 0.3) is 11.2 Å². The minimum atomic E-state index is -0.945. The number of morpholine rings is 1. The Bertz CT molecular complexity index is 1070. The monoisotopic (exact) mass is 440 g/mol. The fourth-order valence-corrected chi connectivity index (χ4v) is 3.78. The number of carboxylic acids is 1. The highest BCUT2D eigenvalue weighted by atomic mass is 16.5. The first kappa shape index (κ1) is 22.1. The molecule has 10 nitrogen and oxygen atoms in total. The van der Waals surface area contributed by atoms with Gasteiger partial charge >= 0.3 is 5.97 Å². The average Bonchev–Trinajstić information content (AvgIpc) is 3.22. The number of imidazole rings is 1. The molecule has 1 aliphatic heterocycles. The van der Waals surface area contributed by atoms with Crippen molar-refractivity contribution in [2.24, 2.45) is 5.92 Å². The van der Waals surface area contributed by atoms with E-state index in [-0.39, 0.29) is 24.5 Å². The third-order valence-electron chi connectivity index (χ3n) is 5.38. The van der Waals surface area contributed by atoms with Crippen molar-refractivity contribution in [1.29, 1.82) is 0 Å². The van der Waals surface area contributed by atoms with Crippen molar-refractivity contribution in [2.45, 2.75) is 32.7 Å². The maximum absolute atomic E-state index is 11.1. The Morgan fingerprint density at radius 1 is 1.22 bits per heavy atom. The lowest BCUT2D eigenvalue weighted by Crippen LogP contribution is -2.46. The number of fused-ring (bicyclic) bond motifs is 1. The molecule has 0 spiro atoms. The van der Waals surface area contributed by atoms with Crippen LogP contribution in [0.1, 0.15) is 36.0 Å². The fraction of sp³-hybridized carbons (Fsp3) is 0.455. The molecule has 1 saturated heterocycles. The van der Waals surface area contributed by atoms with Gasteiger partial charge in [0.2, 0.25) is 0 Å². The highest BCUT2D eigenvalue weighted by Gasteiger charge is 2.30. The zero-order chi connectivity index (χ0) is 22.7. The van der Waals surface area contributed by atoms with Crippen LogP contribution in [0.5, 0.6) is 0 Å². The molecule has 3 N–H and O–H groups in total. The van der Waals surface area contributed by atoms with Gasteiger partial charge in [0.25, 0.3) is 0 Å². The van der Waals surface area contributed by atoms with E-state index in [2.05, 4.69) is 39.0 Å². The Kier molecular flexibility index (Phi) is 6.63. The molecule has 0 bridgehead atoms. The van der Waals surface area contributed by atoms with E-state index in [1.54, 1.807) is 18.5 Å². The first-order chi connectivity index (χ1) is 15.4. The predicted octanol–water partition coefficient (Wildman–Crippen LogP) is 1.98. The van der Waals surface area contributed by atoms with E-state index in [9.17, 15) is 9.90 Å². The van der Waals surface area contributed by atoms with Gasteiger partial charge in [0.15, 0.2) is 17.0 Å². The van der Waals surface area contributed by atoms with E-state index in [0.29, 0.717) is 42.5 Å². The Morgan fingerprint density at radius 3 is 2.69 bits per heavy atom. The zero-order valence-corrected chi connectivity index (χ0v) is 18.2. The SMILES string of the molecule is CC(C)CNc1ncnc2c1ncn2[C@H]1CN(Cc2ccc(C(=O)O)cc2)C[C@@H](CO)O1. The van der Waals surface area contributed by atoms with Crippen LogP contribution in [0.3, 0.4) is 0 Å². The third kappa shape index (κ3) is 4.87. The molecule has 0 amide bonds. The second-order valence-corrected chi connectivity index (χ2v) is 8.41. The van der Waals surface area contributed by atoms with Crippen LogP contribution in [0.2, 0.25) is 0 Å². The van der Waals surface area contributed by atoms with E-state index >= 15 is 0 Å². The Morgan fingerprint density at radius 2 is 2.00 bits per heavy atom. The number of carboxylic acid groups (broad SMARTS) is 1. The number of hydrogen-bond donors (Lipinski definition) is 3. The molecule has 1 aliphatic rings. The van der Waals surface area contributed by atoms with E-state index in [1.165, 1.54) is 6.33 Å². The number of hydrogen-bond acceptors (Lipinski definition) is 8. The van der Waals surface area contributed by atoms with Crippen molar-refractivity contribution in [3.05, 3.63) is 48.0 Å². The lowest BCUT2D eigenvalue weighted by molar-refractivity contribution is -0.135. The summed E-state index contributed by atoms with van der Waals surface area (Å²) in [5.74, 6) is 0.208. The van der Waals surface area contributed by atoms with E-state index in [1.807, 2.05) is 16.7 Å². The van der Waals surface area contributed by atoms with Gasteiger partial charge in [0.1, 0.15) is 12.6 Å². The molecular weight excluding hydrogens is 412 g/mol. The summed E-state index contributed by atoms with van der Waals surface area (Å²) in [4.78, 5) is 26.5. The molecule has 3 heterocycles. The number of carbonyl (C=O) groups is 1. The van der Waals surface area contributed by atoms with Crippen LogP contribution in [0.4, 0.5) is 5.82 Å². The fourth-order valence-electron chi connectivity index (χ4n) is 3.78. The molecule has 0 radical (unpaired) electrons. The van der Waals surface area contributed by atoms with Crippen molar-refractivity contribution < 1.29 is 19.7 Å². The number of benzene rings is 1. The molecule has 0 saturated carbocycles. The topological polar surface area (TPSA) is 126 Å². The normalized spacial score (nSPS) is 19.5. The van der Waals surface area contributed by atoms with Crippen molar-refractivity contribution in [3.63, 3.8) is 0 Å². The molecule has 32 heavy (non-hydrogen) atoms. The summed E-state index contributed by atoms with van der Waals surface area (Å²) in [5, 5.41) is 22.2. The second kappa shape index (κ2) is 9.60. The average molecular weight is 441 g/mol. The van der Waals surface area contributed by atoms with Crippen LogP contribution in [0.15, 0.2) is 36.9 Å². The molecule has 0 unspecified atom stereocenters. The molecule has 1 fully saturated rings. The van der Waals surface area contributed by atoms with Crippen LogP contribution in [-0.4, -0.2) is 72.9 Å². The largest absolute Gasteiger partial charge is 0.478 e. The summed E-state index contributed by atoms with van der Waals surface area (Å²) in [6, 6.07) is 6.83. The quantitative estimate of drug-likeness (QED) is 0.482. The summed E-state index contributed by atoms with van der Waals surface area (Å²) >= 11 is 0. The summed E-state index contributed by atoms with van der Waals surface area (Å²) in [5.41, 5.74) is 2.60. The maximum Gasteiger partial charge on any atom is 0.335 e. The predicted molar refractivity (Wildman–Crippen MR) is 118 cm³/mol. The highest BCUT2D eigenvalue weighted by Crippen LogP contribution is 2.26. The molecule has 2 atom stereocenters. The van der Waals surface area contributed by atoms with E-state index < -0.39 is 5.97 Å². The number of aromatic carboxylic acids is 1. The van der Waals surface area contributed by atoms with Crippen molar-refractivity contribution in [2.75, 3.05) is 31.6 Å². The zero-order valence-electron chi connectivity index (χ0n) is 18.2. The van der Waals surface area contributed by atoms with Gasteiger partial charge in [-0.2, -0.15) is 0 Å². The second-order valence-electron chi connectivity index (χ2n) is 8.41. The van der Waals surface area contributed by atoms with Gasteiger partial charge in [-0.3, -0.25) is 9.47 Å². The Balaban J connectivity index is 1.54. The number of nitrogens with zero attached hydrogens (tertiary/aromatic N) is 5. The third-order valence-corrected chi connectivity index (χ3v) is 5.38. The number of anilines is 1. The van der Waals surface area contributed by atoms with E-state index in [4.69, 9.17) is 9.84 Å². The molecular formula is C22H28N6O4. The van der Waals surface area contributed by atoms with Crippen LogP contribution in [-0.2, 0) is 11.3 Å². The van der Waals surface area contributed by atoms with Crippen LogP contribution >= 0.6 is 0 Å². The van der Waals surface area contributed by atoms with Gasteiger partial charge in [-0.1, -0.05) is 26.0 Å². The standard InChI is InChI=1S/C22H28N6O4/c1-14(2)7-23-20-19-21(25-12-24-20)28(13-26-19)18-10-27(9-17(11-29)32-18)8-15-3-5-16(6-4-15)22(30)31/h3-6,12-14,17-18,29H,7-11H2,1-2H3,(H,30,31)(H,23,24,25)/t17-,18+/m0/s1. The summed E-state index contributed by atoms with van der Waals surface area (Å²) < 4.78 is 7.99. The van der Waals surface area contributed by atoms with Gasteiger partial charge in [0.05, 0.1) is 24.6 Å². The number of aliphatic hydroxyl groups excluding tert-OH is 1. The number of aromatic nitrogens is 4. The maximum atomic E-state index is 11.1. The lowest BCUT2D eigenvalue weighted by atomic mass is 10.1.